The zero-order valence-corrected chi connectivity index (χ0v) is 12.4. The number of nitrogens with one attached hydrogen (secondary N) is 1. The summed E-state index contributed by atoms with van der Waals surface area (Å²) >= 11 is 0. The molecule has 6 nitrogen and oxygen atoms in total. The predicted octanol–water partition coefficient (Wildman–Crippen LogP) is 1.84. The summed E-state index contributed by atoms with van der Waals surface area (Å²) in [5, 5.41) is 6.97. The summed E-state index contributed by atoms with van der Waals surface area (Å²) in [7, 11) is 0. The third-order valence-electron chi connectivity index (χ3n) is 3.79. The standard InChI is InChI=1S/C16H20N4O2/c21-16(12-22-14-4-1-2-5-14)18-11-13-6-7-15(17-10-13)20-9-3-8-19-20/h3,6-10,14H,1-2,4-5,11-12H2,(H,18,21). The Morgan fingerprint density at radius 3 is 2.91 bits per heavy atom. The zero-order valence-electron chi connectivity index (χ0n) is 12.4. The van der Waals surface area contributed by atoms with Gasteiger partial charge in [0.05, 0.1) is 6.10 Å². The van der Waals surface area contributed by atoms with Crippen molar-refractivity contribution in [2.24, 2.45) is 0 Å². The summed E-state index contributed by atoms with van der Waals surface area (Å²) in [6.45, 7) is 0.600. The molecule has 22 heavy (non-hydrogen) atoms. The van der Waals surface area contributed by atoms with Crippen molar-refractivity contribution in [3.63, 3.8) is 0 Å². The van der Waals surface area contributed by atoms with Gasteiger partial charge >= 0.3 is 0 Å². The highest BCUT2D eigenvalue weighted by Gasteiger charge is 2.16. The molecule has 3 rings (SSSR count). The number of amides is 1. The molecular weight excluding hydrogens is 280 g/mol. The topological polar surface area (TPSA) is 69.0 Å². The monoisotopic (exact) mass is 300 g/mol. The number of rotatable bonds is 6. The summed E-state index contributed by atoms with van der Waals surface area (Å²) in [6, 6.07) is 5.66. The average molecular weight is 300 g/mol. The first-order valence-electron chi connectivity index (χ1n) is 7.64. The summed E-state index contributed by atoms with van der Waals surface area (Å²) in [6.07, 6.45) is 10.1. The highest BCUT2D eigenvalue weighted by atomic mass is 16.5. The lowest BCUT2D eigenvalue weighted by Crippen LogP contribution is -2.28. The Labute approximate surface area is 129 Å². The smallest absolute Gasteiger partial charge is 0.246 e. The lowest BCUT2D eigenvalue weighted by atomic mass is 10.3. The molecule has 1 aliphatic rings. The van der Waals surface area contributed by atoms with Crippen molar-refractivity contribution in [1.82, 2.24) is 20.1 Å². The number of carbonyl (C=O) groups excluding carboxylic acids is 1. The van der Waals surface area contributed by atoms with Crippen LogP contribution in [0.1, 0.15) is 31.2 Å². The molecule has 0 aromatic carbocycles. The van der Waals surface area contributed by atoms with Gasteiger partial charge in [0.15, 0.2) is 5.82 Å². The van der Waals surface area contributed by atoms with E-state index in [0.717, 1.165) is 24.2 Å². The molecule has 2 aromatic heterocycles. The second-order valence-corrected chi connectivity index (χ2v) is 5.47. The molecule has 1 amide bonds. The van der Waals surface area contributed by atoms with Crippen LogP contribution in [0.4, 0.5) is 0 Å². The van der Waals surface area contributed by atoms with Gasteiger partial charge in [-0.25, -0.2) is 9.67 Å². The van der Waals surface area contributed by atoms with Crippen LogP contribution in [0.5, 0.6) is 0 Å². The van der Waals surface area contributed by atoms with E-state index >= 15 is 0 Å². The molecule has 1 aliphatic carbocycles. The first-order valence-corrected chi connectivity index (χ1v) is 7.64. The van der Waals surface area contributed by atoms with E-state index in [-0.39, 0.29) is 18.6 Å². The van der Waals surface area contributed by atoms with Gasteiger partial charge in [0, 0.05) is 25.1 Å². The maximum absolute atomic E-state index is 11.8. The fourth-order valence-corrected chi connectivity index (χ4v) is 2.56. The van der Waals surface area contributed by atoms with Gasteiger partial charge in [0.2, 0.25) is 5.91 Å². The van der Waals surface area contributed by atoms with Crippen molar-refractivity contribution in [2.75, 3.05) is 6.61 Å². The maximum Gasteiger partial charge on any atom is 0.246 e. The van der Waals surface area contributed by atoms with Crippen LogP contribution in [0.2, 0.25) is 0 Å². The van der Waals surface area contributed by atoms with E-state index in [1.807, 2.05) is 24.4 Å². The van der Waals surface area contributed by atoms with Crippen molar-refractivity contribution >= 4 is 5.91 Å². The molecule has 0 atom stereocenters. The summed E-state index contributed by atoms with van der Waals surface area (Å²) in [5.41, 5.74) is 0.949. The van der Waals surface area contributed by atoms with Gasteiger partial charge in [0.25, 0.3) is 0 Å². The Balaban J connectivity index is 1.43. The van der Waals surface area contributed by atoms with Crippen LogP contribution in [-0.2, 0) is 16.1 Å². The van der Waals surface area contributed by atoms with Gasteiger partial charge in [-0.1, -0.05) is 18.9 Å². The van der Waals surface area contributed by atoms with Crippen LogP contribution in [0.25, 0.3) is 5.82 Å². The molecule has 0 aliphatic heterocycles. The molecule has 0 saturated heterocycles. The van der Waals surface area contributed by atoms with E-state index in [1.54, 1.807) is 17.1 Å². The predicted molar refractivity (Wildman–Crippen MR) is 81.4 cm³/mol. The summed E-state index contributed by atoms with van der Waals surface area (Å²) < 4.78 is 7.27. The fourth-order valence-electron chi connectivity index (χ4n) is 2.56. The Hall–Kier alpha value is -2.21. The molecule has 1 N–H and O–H groups in total. The quantitative estimate of drug-likeness (QED) is 0.884. The molecule has 0 radical (unpaired) electrons. The number of hydrogen-bond acceptors (Lipinski definition) is 4. The molecule has 0 bridgehead atoms. The third kappa shape index (κ3) is 3.92. The first kappa shape index (κ1) is 14.7. The molecular formula is C16H20N4O2. The van der Waals surface area contributed by atoms with Crippen molar-refractivity contribution in [3.05, 3.63) is 42.4 Å². The SMILES string of the molecule is O=C(COC1CCCC1)NCc1ccc(-n2cccn2)nc1. The second kappa shape index (κ2) is 7.17. The van der Waals surface area contributed by atoms with Gasteiger partial charge in [-0.15, -0.1) is 0 Å². The molecule has 6 heteroatoms. The van der Waals surface area contributed by atoms with Crippen LogP contribution in [-0.4, -0.2) is 33.4 Å². The second-order valence-electron chi connectivity index (χ2n) is 5.47. The van der Waals surface area contributed by atoms with Crippen LogP contribution >= 0.6 is 0 Å². The number of aromatic nitrogens is 3. The van der Waals surface area contributed by atoms with E-state index in [9.17, 15) is 4.79 Å². The summed E-state index contributed by atoms with van der Waals surface area (Å²) in [5.74, 6) is 0.674. The first-order chi connectivity index (χ1) is 10.8. The molecule has 116 valence electrons. The number of nitrogens with zero attached hydrogens (tertiary/aromatic N) is 3. The fraction of sp³-hybridized carbons (Fsp3) is 0.438. The molecule has 0 unspecified atom stereocenters. The van der Waals surface area contributed by atoms with Gasteiger partial charge in [0.1, 0.15) is 6.61 Å². The number of pyridine rings is 1. The third-order valence-corrected chi connectivity index (χ3v) is 3.79. The molecule has 2 heterocycles. The van der Waals surface area contributed by atoms with Gasteiger partial charge in [-0.2, -0.15) is 5.10 Å². The number of carbonyl (C=O) groups is 1. The lowest BCUT2D eigenvalue weighted by molar-refractivity contribution is -0.127. The van der Waals surface area contributed by atoms with Crippen molar-refractivity contribution in [1.29, 1.82) is 0 Å². The van der Waals surface area contributed by atoms with Crippen LogP contribution in [0.15, 0.2) is 36.8 Å². The van der Waals surface area contributed by atoms with Crippen LogP contribution < -0.4 is 5.32 Å². The highest BCUT2D eigenvalue weighted by molar-refractivity contribution is 5.77. The normalized spacial score (nSPS) is 15.1. The van der Waals surface area contributed by atoms with Crippen LogP contribution in [0, 0.1) is 0 Å². The van der Waals surface area contributed by atoms with Crippen molar-refractivity contribution in [2.45, 2.75) is 38.3 Å². The van der Waals surface area contributed by atoms with E-state index in [2.05, 4.69) is 15.4 Å². The molecule has 2 aromatic rings. The Morgan fingerprint density at radius 2 is 2.23 bits per heavy atom. The van der Waals surface area contributed by atoms with Crippen molar-refractivity contribution < 1.29 is 9.53 Å². The van der Waals surface area contributed by atoms with E-state index in [0.29, 0.717) is 6.54 Å². The average Bonchev–Trinajstić information content (AvgIpc) is 3.24. The van der Waals surface area contributed by atoms with Gasteiger partial charge < -0.3 is 10.1 Å². The maximum atomic E-state index is 11.8. The van der Waals surface area contributed by atoms with Crippen LogP contribution in [0.3, 0.4) is 0 Å². The minimum atomic E-state index is -0.0805. The Morgan fingerprint density at radius 1 is 1.36 bits per heavy atom. The Bertz CT molecular complexity index is 589. The van der Waals surface area contributed by atoms with Crippen molar-refractivity contribution in [3.8, 4) is 5.82 Å². The summed E-state index contributed by atoms with van der Waals surface area (Å²) in [4.78, 5) is 16.1. The largest absolute Gasteiger partial charge is 0.368 e. The molecule has 0 spiro atoms. The number of hydrogen-bond donors (Lipinski definition) is 1. The highest BCUT2D eigenvalue weighted by Crippen LogP contribution is 2.20. The lowest BCUT2D eigenvalue weighted by Gasteiger charge is -2.11. The van der Waals surface area contributed by atoms with E-state index in [1.165, 1.54) is 12.8 Å². The minimum absolute atomic E-state index is 0.0805. The van der Waals surface area contributed by atoms with E-state index in [4.69, 9.17) is 4.74 Å². The zero-order chi connectivity index (χ0) is 15.2. The number of ether oxygens (including phenoxy) is 1. The Kier molecular flexibility index (Phi) is 4.80. The van der Waals surface area contributed by atoms with E-state index < -0.39 is 0 Å². The minimum Gasteiger partial charge on any atom is -0.368 e. The van der Waals surface area contributed by atoms with Gasteiger partial charge in [-0.05, 0) is 30.5 Å². The molecule has 1 saturated carbocycles. The molecule has 1 fully saturated rings. The van der Waals surface area contributed by atoms with Gasteiger partial charge in [-0.3, -0.25) is 4.79 Å².